The lowest BCUT2D eigenvalue weighted by atomic mass is 9.84. The van der Waals surface area contributed by atoms with Crippen molar-refractivity contribution in [2.45, 2.75) is 51.2 Å². The van der Waals surface area contributed by atoms with Gasteiger partial charge in [-0.15, -0.1) is 0 Å². The van der Waals surface area contributed by atoms with Crippen molar-refractivity contribution >= 4 is 5.91 Å². The Bertz CT molecular complexity index is 904. The van der Waals surface area contributed by atoms with E-state index < -0.39 is 11.9 Å². The third-order valence-electron chi connectivity index (χ3n) is 6.17. The fraction of sp³-hybridized carbons (Fsp3) is 0.545. The quantitative estimate of drug-likeness (QED) is 0.775. The second kappa shape index (κ2) is 8.41. The highest BCUT2D eigenvalue weighted by Gasteiger charge is 2.41. The van der Waals surface area contributed by atoms with E-state index in [1.54, 1.807) is 12.1 Å². The van der Waals surface area contributed by atoms with E-state index in [2.05, 4.69) is 10.4 Å². The van der Waals surface area contributed by atoms with E-state index in [-0.39, 0.29) is 11.8 Å². The molecule has 162 valence electrons. The predicted octanol–water partition coefficient (Wildman–Crippen LogP) is 3.73. The molecule has 0 bridgehead atoms. The van der Waals surface area contributed by atoms with Gasteiger partial charge in [-0.25, -0.2) is 4.68 Å². The Hall–Kier alpha value is -2.35. The third kappa shape index (κ3) is 4.24. The van der Waals surface area contributed by atoms with E-state index in [1.165, 1.54) is 4.68 Å². The molecule has 1 aliphatic carbocycles. The fourth-order valence-corrected chi connectivity index (χ4v) is 4.56. The number of aromatic nitrogens is 2. The lowest BCUT2D eigenvalue weighted by Gasteiger charge is -2.23. The van der Waals surface area contributed by atoms with Crippen molar-refractivity contribution in [1.29, 1.82) is 0 Å². The summed E-state index contributed by atoms with van der Waals surface area (Å²) in [5.74, 6) is 0.395. The van der Waals surface area contributed by atoms with Gasteiger partial charge in [-0.05, 0) is 69.3 Å². The van der Waals surface area contributed by atoms with Gasteiger partial charge < -0.3 is 10.2 Å². The highest BCUT2D eigenvalue weighted by molar-refractivity contribution is 5.78. The number of rotatable bonds is 6. The summed E-state index contributed by atoms with van der Waals surface area (Å²) < 4.78 is 42.5. The van der Waals surface area contributed by atoms with Crippen molar-refractivity contribution < 1.29 is 18.0 Å². The smallest absolute Gasteiger partial charge is 0.338 e. The van der Waals surface area contributed by atoms with Crippen molar-refractivity contribution in [2.75, 3.05) is 20.1 Å². The number of carbonyl (C=O) groups excluding carboxylic acids is 1. The molecule has 0 spiro atoms. The number of likely N-dealkylation sites (tertiary alicyclic amines) is 1. The Morgan fingerprint density at radius 3 is 2.60 bits per heavy atom. The number of alkyl halides is 3. The first kappa shape index (κ1) is 20.9. The van der Waals surface area contributed by atoms with Crippen molar-refractivity contribution in [3.63, 3.8) is 0 Å². The normalized spacial score (nSPS) is 19.4. The van der Waals surface area contributed by atoms with E-state index >= 15 is 0 Å². The molecule has 1 atom stereocenters. The summed E-state index contributed by atoms with van der Waals surface area (Å²) >= 11 is 0. The minimum Gasteiger partial charge on any atom is -0.338 e. The van der Waals surface area contributed by atoms with Crippen molar-refractivity contribution in [1.82, 2.24) is 20.0 Å². The monoisotopic (exact) mass is 420 g/mol. The SMILES string of the molecule is CNCCC1CCc2c(c(C(F)(F)F)nn2-c2ccc(CN3CCCC3=O)cc2)C1. The number of amides is 1. The minimum atomic E-state index is -4.46. The molecule has 1 N–H and O–H groups in total. The van der Waals surface area contributed by atoms with Gasteiger partial charge in [0.2, 0.25) is 5.91 Å². The number of fused-ring (bicyclic) bond motifs is 1. The number of halogens is 3. The average molecular weight is 420 g/mol. The maximum atomic E-state index is 13.7. The van der Waals surface area contributed by atoms with Crippen molar-refractivity contribution in [3.8, 4) is 5.69 Å². The van der Waals surface area contributed by atoms with E-state index in [1.807, 2.05) is 24.1 Å². The number of carbonyl (C=O) groups is 1. The van der Waals surface area contributed by atoms with Crippen LogP contribution in [0.25, 0.3) is 5.69 Å². The molecule has 2 aliphatic rings. The number of hydrogen-bond donors (Lipinski definition) is 1. The molecular formula is C22H27F3N4O. The van der Waals surface area contributed by atoms with Gasteiger partial charge in [0.05, 0.1) is 5.69 Å². The molecule has 4 rings (SSSR count). The van der Waals surface area contributed by atoms with Gasteiger partial charge in [-0.1, -0.05) is 12.1 Å². The summed E-state index contributed by atoms with van der Waals surface area (Å²) in [6.07, 6.45) is -0.248. The number of benzene rings is 1. The summed E-state index contributed by atoms with van der Waals surface area (Å²) in [6, 6.07) is 7.36. The standard InChI is InChI=1S/C22H27F3N4O/c1-26-11-10-15-6-9-19-18(13-15)21(22(23,24)25)27-29(19)17-7-4-16(5-8-17)14-28-12-2-3-20(28)30/h4-5,7-8,15,26H,2-3,6,9-14H2,1H3. The molecule has 1 fully saturated rings. The zero-order valence-electron chi connectivity index (χ0n) is 17.1. The molecule has 1 unspecified atom stereocenters. The average Bonchev–Trinajstić information content (AvgIpc) is 3.30. The molecule has 1 saturated heterocycles. The topological polar surface area (TPSA) is 50.2 Å². The number of nitrogens with one attached hydrogen (secondary N) is 1. The largest absolute Gasteiger partial charge is 0.435 e. The van der Waals surface area contributed by atoms with Gasteiger partial charge in [0.15, 0.2) is 5.69 Å². The van der Waals surface area contributed by atoms with Crippen molar-refractivity contribution in [2.24, 2.45) is 5.92 Å². The van der Waals surface area contributed by atoms with E-state index in [0.29, 0.717) is 42.8 Å². The van der Waals surface area contributed by atoms with Crippen LogP contribution in [0.5, 0.6) is 0 Å². The van der Waals surface area contributed by atoms with Crippen LogP contribution in [0.1, 0.15) is 48.2 Å². The molecule has 8 heteroatoms. The second-order valence-corrected chi connectivity index (χ2v) is 8.27. The Morgan fingerprint density at radius 1 is 1.20 bits per heavy atom. The lowest BCUT2D eigenvalue weighted by Crippen LogP contribution is -2.23. The molecule has 2 aromatic rings. The van der Waals surface area contributed by atoms with Crippen LogP contribution in [0.3, 0.4) is 0 Å². The molecule has 0 saturated carbocycles. The summed E-state index contributed by atoms with van der Waals surface area (Å²) in [4.78, 5) is 13.6. The van der Waals surface area contributed by atoms with E-state index in [4.69, 9.17) is 0 Å². The summed E-state index contributed by atoms with van der Waals surface area (Å²) in [7, 11) is 1.86. The van der Waals surface area contributed by atoms with Gasteiger partial charge >= 0.3 is 6.18 Å². The molecular weight excluding hydrogens is 393 g/mol. The van der Waals surface area contributed by atoms with Crippen LogP contribution in [0.4, 0.5) is 13.2 Å². The third-order valence-corrected chi connectivity index (χ3v) is 6.17. The molecule has 1 amide bonds. The highest BCUT2D eigenvalue weighted by atomic mass is 19.4. The number of nitrogens with zero attached hydrogens (tertiary/aromatic N) is 3. The van der Waals surface area contributed by atoms with E-state index in [0.717, 1.165) is 37.9 Å². The first-order valence-electron chi connectivity index (χ1n) is 10.6. The molecule has 2 heterocycles. The second-order valence-electron chi connectivity index (χ2n) is 8.27. The van der Waals surface area contributed by atoms with Gasteiger partial charge in [0, 0.05) is 30.8 Å². The van der Waals surface area contributed by atoms with Crippen LogP contribution in [-0.2, 0) is 30.4 Å². The van der Waals surface area contributed by atoms with Crippen molar-refractivity contribution in [3.05, 3.63) is 46.8 Å². The zero-order valence-corrected chi connectivity index (χ0v) is 17.1. The van der Waals surface area contributed by atoms with Gasteiger partial charge in [-0.2, -0.15) is 18.3 Å². The molecule has 1 aliphatic heterocycles. The molecule has 5 nitrogen and oxygen atoms in total. The Balaban J connectivity index is 1.60. The number of hydrogen-bond acceptors (Lipinski definition) is 3. The van der Waals surface area contributed by atoms with Gasteiger partial charge in [-0.3, -0.25) is 4.79 Å². The van der Waals surface area contributed by atoms with Crippen LogP contribution in [0.2, 0.25) is 0 Å². The van der Waals surface area contributed by atoms with Crippen LogP contribution >= 0.6 is 0 Å². The first-order chi connectivity index (χ1) is 14.4. The van der Waals surface area contributed by atoms with Crippen LogP contribution < -0.4 is 5.32 Å². The Kier molecular flexibility index (Phi) is 5.86. The van der Waals surface area contributed by atoms with E-state index in [9.17, 15) is 18.0 Å². The summed E-state index contributed by atoms with van der Waals surface area (Å²) in [6.45, 7) is 2.10. The summed E-state index contributed by atoms with van der Waals surface area (Å²) in [5, 5.41) is 7.09. The van der Waals surface area contributed by atoms with Crippen LogP contribution in [0.15, 0.2) is 24.3 Å². The Morgan fingerprint density at radius 2 is 1.97 bits per heavy atom. The van der Waals surface area contributed by atoms with Crippen LogP contribution in [0, 0.1) is 5.92 Å². The molecule has 30 heavy (non-hydrogen) atoms. The molecule has 1 aromatic carbocycles. The predicted molar refractivity (Wildman–Crippen MR) is 107 cm³/mol. The van der Waals surface area contributed by atoms with Crippen LogP contribution in [-0.4, -0.2) is 40.7 Å². The van der Waals surface area contributed by atoms with Gasteiger partial charge in [0.1, 0.15) is 0 Å². The summed E-state index contributed by atoms with van der Waals surface area (Å²) in [5.41, 5.74) is 1.87. The maximum Gasteiger partial charge on any atom is 0.435 e. The maximum absolute atomic E-state index is 13.7. The fourth-order valence-electron chi connectivity index (χ4n) is 4.56. The minimum absolute atomic E-state index is 0.155. The lowest BCUT2D eigenvalue weighted by molar-refractivity contribution is -0.142. The highest BCUT2D eigenvalue weighted by Crippen LogP contribution is 2.38. The molecule has 1 aromatic heterocycles. The Labute approximate surface area is 174 Å². The zero-order chi connectivity index (χ0) is 21.3. The van der Waals surface area contributed by atoms with Gasteiger partial charge in [0.25, 0.3) is 0 Å². The first-order valence-corrected chi connectivity index (χ1v) is 10.6. The molecule has 0 radical (unpaired) electrons.